The van der Waals surface area contributed by atoms with Crippen molar-refractivity contribution in [2.45, 2.75) is 64.7 Å². The van der Waals surface area contributed by atoms with Crippen molar-refractivity contribution in [2.75, 3.05) is 7.05 Å². The topological polar surface area (TPSA) is 49.7 Å². The van der Waals surface area contributed by atoms with Crippen LogP contribution in [0.15, 0.2) is 28.8 Å². The van der Waals surface area contributed by atoms with Gasteiger partial charge in [0.25, 0.3) is 0 Å². The molecule has 6 atom stereocenters. The molecule has 0 bridgehead atoms. The minimum Gasteiger partial charge on any atom is -0.481 e. The first-order valence-corrected chi connectivity index (χ1v) is 10.7. The van der Waals surface area contributed by atoms with Crippen molar-refractivity contribution >= 4 is 11.7 Å². The van der Waals surface area contributed by atoms with Gasteiger partial charge in [0.1, 0.15) is 0 Å². The highest BCUT2D eigenvalue weighted by Crippen LogP contribution is 2.64. The zero-order valence-corrected chi connectivity index (χ0v) is 16.3. The maximum Gasteiger partial charge on any atom is 0.303 e. The molecule has 3 heteroatoms. The van der Waals surface area contributed by atoms with Crippen LogP contribution in [0, 0.1) is 35.0 Å². The van der Waals surface area contributed by atoms with Crippen LogP contribution in [-0.2, 0) is 4.79 Å². The van der Waals surface area contributed by atoms with Gasteiger partial charge in [-0.25, -0.2) is 0 Å². The van der Waals surface area contributed by atoms with Gasteiger partial charge >= 0.3 is 5.97 Å². The quantitative estimate of drug-likeness (QED) is 0.746. The number of carboxylic acid groups (broad SMARTS) is 1. The smallest absolute Gasteiger partial charge is 0.303 e. The van der Waals surface area contributed by atoms with Gasteiger partial charge in [-0.1, -0.05) is 19.1 Å². The predicted octanol–water partition coefficient (Wildman–Crippen LogP) is 5.28. The molecule has 0 aromatic heterocycles. The Morgan fingerprint density at radius 3 is 2.88 bits per heavy atom. The Kier molecular flexibility index (Phi) is 4.83. The fourth-order valence-corrected chi connectivity index (χ4v) is 7.23. The minimum absolute atomic E-state index is 0.345. The lowest BCUT2D eigenvalue weighted by Gasteiger charge is -2.53. The lowest BCUT2D eigenvalue weighted by molar-refractivity contribution is -0.137. The second-order valence-corrected chi connectivity index (χ2v) is 9.04. The number of nitrogens with zero attached hydrogens (tertiary/aromatic N) is 1. The van der Waals surface area contributed by atoms with Crippen molar-refractivity contribution in [3.8, 4) is 0 Å². The Hall–Kier alpha value is -1.38. The molecule has 0 aromatic carbocycles. The minimum atomic E-state index is -0.628. The number of carboxylic acids is 1. The number of allylic oxidation sites excluding steroid dienone is 4. The van der Waals surface area contributed by atoms with Crippen molar-refractivity contribution in [1.29, 1.82) is 0 Å². The number of hydrogen-bond donors (Lipinski definition) is 1. The second kappa shape index (κ2) is 6.98. The van der Waals surface area contributed by atoms with Crippen LogP contribution in [0.5, 0.6) is 0 Å². The van der Waals surface area contributed by atoms with Gasteiger partial charge in [0, 0.05) is 19.2 Å². The summed E-state index contributed by atoms with van der Waals surface area (Å²) in [5.74, 6) is 2.99. The molecule has 0 saturated heterocycles. The standard InChI is InChI=1S/C23H33NO2/c1-3-23-13-12-19-18-9-7-17(24-2)14-15(18)4-8-20(19)21(23)10-5-16(23)6-11-22(25)26/h4,8,14,16,18-21H,3,5-7,9-13H2,1-2H3,(H,25,26)/t16?,18?,19?,20?,21?,23-/m1/s1. The van der Waals surface area contributed by atoms with Crippen LogP contribution in [0.1, 0.15) is 64.7 Å². The third-order valence-corrected chi connectivity index (χ3v) is 8.43. The van der Waals surface area contributed by atoms with Gasteiger partial charge in [0.2, 0.25) is 0 Å². The van der Waals surface area contributed by atoms with Gasteiger partial charge in [-0.2, -0.15) is 0 Å². The van der Waals surface area contributed by atoms with E-state index in [0.717, 1.165) is 30.6 Å². The summed E-state index contributed by atoms with van der Waals surface area (Å²) < 4.78 is 0. The molecule has 0 radical (unpaired) electrons. The zero-order chi connectivity index (χ0) is 18.3. The fourth-order valence-electron chi connectivity index (χ4n) is 7.23. The zero-order valence-electron chi connectivity index (χ0n) is 16.3. The highest BCUT2D eigenvalue weighted by atomic mass is 16.4. The number of hydrogen-bond acceptors (Lipinski definition) is 2. The molecular weight excluding hydrogens is 322 g/mol. The summed E-state index contributed by atoms with van der Waals surface area (Å²) in [6.07, 6.45) is 17.3. The molecule has 142 valence electrons. The Balaban J connectivity index is 1.60. The van der Waals surface area contributed by atoms with Crippen LogP contribution >= 0.6 is 0 Å². The first-order chi connectivity index (χ1) is 12.6. The Labute approximate surface area is 157 Å². The summed E-state index contributed by atoms with van der Waals surface area (Å²) in [6, 6.07) is 0. The summed E-state index contributed by atoms with van der Waals surface area (Å²) in [5, 5.41) is 9.16. The Morgan fingerprint density at radius 1 is 1.31 bits per heavy atom. The highest BCUT2D eigenvalue weighted by Gasteiger charge is 2.56. The van der Waals surface area contributed by atoms with E-state index in [2.05, 4.69) is 30.1 Å². The summed E-state index contributed by atoms with van der Waals surface area (Å²) in [6.45, 7) is 2.36. The van der Waals surface area contributed by atoms with Crippen molar-refractivity contribution in [3.63, 3.8) is 0 Å². The van der Waals surface area contributed by atoms with Crippen molar-refractivity contribution in [1.82, 2.24) is 0 Å². The average Bonchev–Trinajstić information content (AvgIpc) is 3.04. The Bertz CT molecular complexity index is 661. The fraction of sp³-hybridized carbons (Fsp3) is 0.739. The molecule has 5 unspecified atom stereocenters. The second-order valence-electron chi connectivity index (χ2n) is 9.04. The van der Waals surface area contributed by atoms with Crippen LogP contribution in [-0.4, -0.2) is 23.8 Å². The maximum absolute atomic E-state index is 11.1. The van der Waals surface area contributed by atoms with Gasteiger partial charge in [0.05, 0.1) is 0 Å². The summed E-state index contributed by atoms with van der Waals surface area (Å²) in [7, 11) is 1.91. The van der Waals surface area contributed by atoms with Gasteiger partial charge < -0.3 is 5.11 Å². The van der Waals surface area contributed by atoms with E-state index in [-0.39, 0.29) is 0 Å². The number of aliphatic carboxylic acids is 1. The molecule has 0 heterocycles. The molecule has 0 spiro atoms. The SMILES string of the molecule is CC[C@]12CCC3C4CCC(=NC)C=C4C=CC3C1CCC2CCC(=O)O. The third kappa shape index (κ3) is 2.78. The number of rotatable bonds is 4. The summed E-state index contributed by atoms with van der Waals surface area (Å²) in [4.78, 5) is 15.5. The molecule has 26 heavy (non-hydrogen) atoms. The highest BCUT2D eigenvalue weighted by molar-refractivity contribution is 5.96. The number of aliphatic imine (C=N–C) groups is 1. The van der Waals surface area contributed by atoms with Crippen LogP contribution < -0.4 is 0 Å². The van der Waals surface area contributed by atoms with Gasteiger partial charge in [-0.05, 0) is 98.0 Å². The number of carbonyl (C=O) groups is 1. The molecule has 0 aromatic rings. The lowest BCUT2D eigenvalue weighted by Crippen LogP contribution is -2.46. The molecular formula is C23H33NO2. The van der Waals surface area contributed by atoms with E-state index in [4.69, 9.17) is 5.11 Å². The van der Waals surface area contributed by atoms with E-state index >= 15 is 0 Å². The first kappa shape index (κ1) is 18.0. The van der Waals surface area contributed by atoms with Gasteiger partial charge in [0.15, 0.2) is 0 Å². The molecule has 4 aliphatic rings. The van der Waals surface area contributed by atoms with Crippen molar-refractivity contribution in [3.05, 3.63) is 23.8 Å². The van der Waals surface area contributed by atoms with Gasteiger partial charge in [-0.3, -0.25) is 9.79 Å². The molecule has 4 aliphatic carbocycles. The van der Waals surface area contributed by atoms with Crippen LogP contribution in [0.2, 0.25) is 0 Å². The molecule has 3 nitrogen and oxygen atoms in total. The number of fused-ring (bicyclic) bond motifs is 5. The molecule has 0 aliphatic heterocycles. The molecule has 2 saturated carbocycles. The average molecular weight is 356 g/mol. The summed E-state index contributed by atoms with van der Waals surface area (Å²) >= 11 is 0. The first-order valence-electron chi connectivity index (χ1n) is 10.7. The van der Waals surface area contributed by atoms with E-state index < -0.39 is 5.97 Å². The van der Waals surface area contributed by atoms with E-state index in [1.54, 1.807) is 0 Å². The van der Waals surface area contributed by atoms with E-state index in [1.807, 2.05) is 7.05 Å². The molecule has 2 fully saturated rings. The summed E-state index contributed by atoms with van der Waals surface area (Å²) in [5.41, 5.74) is 3.17. The maximum atomic E-state index is 11.1. The largest absolute Gasteiger partial charge is 0.481 e. The van der Waals surface area contributed by atoms with Crippen LogP contribution in [0.4, 0.5) is 0 Å². The normalized spacial score (nSPS) is 42.8. The van der Waals surface area contributed by atoms with Crippen LogP contribution in [0.3, 0.4) is 0 Å². The van der Waals surface area contributed by atoms with Crippen molar-refractivity contribution in [2.24, 2.45) is 40.0 Å². The predicted molar refractivity (Wildman–Crippen MR) is 105 cm³/mol. The molecule has 0 amide bonds. The third-order valence-electron chi connectivity index (χ3n) is 8.43. The monoisotopic (exact) mass is 355 g/mol. The van der Waals surface area contributed by atoms with Gasteiger partial charge in [-0.15, -0.1) is 0 Å². The van der Waals surface area contributed by atoms with E-state index in [1.165, 1.54) is 49.8 Å². The van der Waals surface area contributed by atoms with E-state index in [9.17, 15) is 4.79 Å². The molecule has 4 rings (SSSR count). The van der Waals surface area contributed by atoms with Crippen molar-refractivity contribution < 1.29 is 9.90 Å². The lowest BCUT2D eigenvalue weighted by atomic mass is 9.51. The van der Waals surface area contributed by atoms with Crippen LogP contribution in [0.25, 0.3) is 0 Å². The Morgan fingerprint density at radius 2 is 2.15 bits per heavy atom. The van der Waals surface area contributed by atoms with E-state index in [0.29, 0.717) is 23.7 Å². The molecule has 1 N–H and O–H groups in total.